The summed E-state index contributed by atoms with van der Waals surface area (Å²) in [7, 11) is -1.98. The van der Waals surface area contributed by atoms with Crippen LogP contribution in [0.5, 0.6) is 0 Å². The number of hydrogen-bond donors (Lipinski definition) is 0. The summed E-state index contributed by atoms with van der Waals surface area (Å²) in [6.07, 6.45) is 31.0. The zero-order valence-electron chi connectivity index (χ0n) is 23.7. The summed E-state index contributed by atoms with van der Waals surface area (Å²) in [5.74, 6) is 0. The van der Waals surface area contributed by atoms with Crippen LogP contribution < -0.4 is 0 Å². The SMILES string of the molecule is CCCCCCCCCCCCCCC[Si](CCCCCCCCCCC)(OCC)OCC. The molecule has 0 aliphatic carbocycles. The maximum absolute atomic E-state index is 6.37. The maximum atomic E-state index is 6.37. The highest BCUT2D eigenvalue weighted by Crippen LogP contribution is 2.26. The Hall–Kier alpha value is 0.137. The van der Waals surface area contributed by atoms with E-state index in [0.717, 1.165) is 13.2 Å². The summed E-state index contributed by atoms with van der Waals surface area (Å²) < 4.78 is 12.7. The van der Waals surface area contributed by atoms with Crippen molar-refractivity contribution in [3.63, 3.8) is 0 Å². The third-order valence-electron chi connectivity index (χ3n) is 7.14. The molecular formula is C30H64O2Si. The second kappa shape index (κ2) is 26.7. The molecule has 0 aliphatic heterocycles. The van der Waals surface area contributed by atoms with Gasteiger partial charge in [-0.05, 0) is 25.9 Å². The molecule has 200 valence electrons. The maximum Gasteiger partial charge on any atom is 0.338 e. The first kappa shape index (κ1) is 33.1. The van der Waals surface area contributed by atoms with Crippen molar-refractivity contribution in [2.45, 2.75) is 181 Å². The average molecular weight is 485 g/mol. The van der Waals surface area contributed by atoms with Gasteiger partial charge in [-0.15, -0.1) is 0 Å². The zero-order valence-corrected chi connectivity index (χ0v) is 24.7. The van der Waals surface area contributed by atoms with Gasteiger partial charge in [-0.2, -0.15) is 0 Å². The molecule has 0 amide bonds. The van der Waals surface area contributed by atoms with E-state index in [1.165, 1.54) is 153 Å². The van der Waals surface area contributed by atoms with Crippen molar-refractivity contribution in [3.05, 3.63) is 0 Å². The second-order valence-electron chi connectivity index (χ2n) is 10.3. The van der Waals surface area contributed by atoms with Crippen LogP contribution in [-0.4, -0.2) is 21.8 Å². The van der Waals surface area contributed by atoms with Gasteiger partial charge in [-0.1, -0.05) is 155 Å². The Balaban J connectivity index is 3.85. The van der Waals surface area contributed by atoms with E-state index in [2.05, 4.69) is 27.7 Å². The van der Waals surface area contributed by atoms with Crippen LogP contribution >= 0.6 is 0 Å². The van der Waals surface area contributed by atoms with Crippen molar-refractivity contribution in [1.82, 2.24) is 0 Å². The van der Waals surface area contributed by atoms with Crippen LogP contribution in [0, 0.1) is 0 Å². The number of unbranched alkanes of at least 4 members (excludes halogenated alkanes) is 20. The van der Waals surface area contributed by atoms with Crippen molar-refractivity contribution < 1.29 is 8.85 Å². The lowest BCUT2D eigenvalue weighted by atomic mass is 10.1. The van der Waals surface area contributed by atoms with Gasteiger partial charge < -0.3 is 8.85 Å². The topological polar surface area (TPSA) is 18.5 Å². The number of rotatable bonds is 28. The normalized spacial score (nSPS) is 12.0. The van der Waals surface area contributed by atoms with Gasteiger partial charge in [-0.3, -0.25) is 0 Å². The molecule has 0 N–H and O–H groups in total. The highest BCUT2D eigenvalue weighted by atomic mass is 28.4. The molecular weight excluding hydrogens is 420 g/mol. The minimum absolute atomic E-state index is 0.822. The average Bonchev–Trinajstić information content (AvgIpc) is 2.81. The molecule has 0 aromatic carbocycles. The summed E-state index contributed by atoms with van der Waals surface area (Å²) >= 11 is 0. The van der Waals surface area contributed by atoms with E-state index in [0.29, 0.717) is 0 Å². The lowest BCUT2D eigenvalue weighted by Gasteiger charge is -2.30. The van der Waals surface area contributed by atoms with E-state index < -0.39 is 8.56 Å². The molecule has 0 aliphatic rings. The molecule has 0 saturated carbocycles. The van der Waals surface area contributed by atoms with Gasteiger partial charge in [0.15, 0.2) is 0 Å². The van der Waals surface area contributed by atoms with Crippen LogP contribution in [-0.2, 0) is 8.85 Å². The fraction of sp³-hybridized carbons (Fsp3) is 1.00. The lowest BCUT2D eigenvalue weighted by molar-refractivity contribution is 0.180. The molecule has 0 spiro atoms. The van der Waals surface area contributed by atoms with Crippen molar-refractivity contribution in [2.24, 2.45) is 0 Å². The van der Waals surface area contributed by atoms with Crippen LogP contribution in [0.4, 0.5) is 0 Å². The van der Waals surface area contributed by atoms with Crippen molar-refractivity contribution in [2.75, 3.05) is 13.2 Å². The standard InChI is InChI=1S/C30H64O2Si/c1-5-9-11-13-15-17-18-19-20-22-24-26-28-30-33(31-7-3,32-8-4)29-27-25-23-21-16-14-12-10-6-2/h5-30H2,1-4H3. The molecule has 2 nitrogen and oxygen atoms in total. The van der Waals surface area contributed by atoms with E-state index in [1.807, 2.05) is 0 Å². The van der Waals surface area contributed by atoms with Crippen LogP contribution in [0.15, 0.2) is 0 Å². The Morgan fingerprint density at radius 1 is 0.333 bits per heavy atom. The Labute approximate surface area is 211 Å². The van der Waals surface area contributed by atoms with Crippen LogP contribution in [0.25, 0.3) is 0 Å². The van der Waals surface area contributed by atoms with E-state index in [1.54, 1.807) is 0 Å². The molecule has 0 fully saturated rings. The van der Waals surface area contributed by atoms with Crippen molar-refractivity contribution in [1.29, 1.82) is 0 Å². The first-order valence-electron chi connectivity index (χ1n) is 15.5. The third-order valence-corrected chi connectivity index (χ3v) is 11.0. The highest BCUT2D eigenvalue weighted by molar-refractivity contribution is 6.67. The fourth-order valence-electron chi connectivity index (χ4n) is 5.10. The van der Waals surface area contributed by atoms with Gasteiger partial charge in [0.1, 0.15) is 0 Å². The van der Waals surface area contributed by atoms with Gasteiger partial charge in [-0.25, -0.2) is 0 Å². The predicted octanol–water partition coefficient (Wildman–Crippen LogP) is 11.1. The Morgan fingerprint density at radius 2 is 0.576 bits per heavy atom. The predicted molar refractivity (Wildman–Crippen MR) is 152 cm³/mol. The highest BCUT2D eigenvalue weighted by Gasteiger charge is 2.35. The van der Waals surface area contributed by atoms with Gasteiger partial charge in [0, 0.05) is 13.2 Å². The minimum Gasteiger partial charge on any atom is -0.394 e. The van der Waals surface area contributed by atoms with Gasteiger partial charge in [0.25, 0.3) is 0 Å². The lowest BCUT2D eigenvalue weighted by Crippen LogP contribution is -2.42. The Kier molecular flexibility index (Phi) is 26.8. The molecule has 0 aromatic heterocycles. The van der Waals surface area contributed by atoms with E-state index in [-0.39, 0.29) is 0 Å². The molecule has 0 bridgehead atoms. The zero-order chi connectivity index (χ0) is 24.3. The summed E-state index contributed by atoms with van der Waals surface area (Å²) in [5.41, 5.74) is 0. The van der Waals surface area contributed by atoms with E-state index in [4.69, 9.17) is 8.85 Å². The smallest absolute Gasteiger partial charge is 0.338 e. The molecule has 0 saturated heterocycles. The first-order valence-corrected chi connectivity index (χ1v) is 17.8. The summed E-state index contributed by atoms with van der Waals surface area (Å²) in [5, 5.41) is 0. The van der Waals surface area contributed by atoms with E-state index in [9.17, 15) is 0 Å². The van der Waals surface area contributed by atoms with Crippen LogP contribution in [0.2, 0.25) is 12.1 Å². The Morgan fingerprint density at radius 3 is 0.818 bits per heavy atom. The van der Waals surface area contributed by atoms with Crippen molar-refractivity contribution >= 4 is 8.56 Å². The number of hydrogen-bond acceptors (Lipinski definition) is 2. The molecule has 0 rings (SSSR count). The molecule has 0 heterocycles. The van der Waals surface area contributed by atoms with Gasteiger partial charge >= 0.3 is 8.56 Å². The largest absolute Gasteiger partial charge is 0.394 e. The fourth-order valence-corrected chi connectivity index (χ4v) is 8.64. The van der Waals surface area contributed by atoms with Crippen LogP contribution in [0.1, 0.15) is 169 Å². The van der Waals surface area contributed by atoms with E-state index >= 15 is 0 Å². The first-order chi connectivity index (χ1) is 16.2. The molecule has 33 heavy (non-hydrogen) atoms. The monoisotopic (exact) mass is 484 g/mol. The van der Waals surface area contributed by atoms with Gasteiger partial charge in [0.2, 0.25) is 0 Å². The molecule has 3 heteroatoms. The molecule has 0 aromatic rings. The molecule has 0 radical (unpaired) electrons. The second-order valence-corrected chi connectivity index (χ2v) is 13.7. The van der Waals surface area contributed by atoms with Gasteiger partial charge in [0.05, 0.1) is 0 Å². The summed E-state index contributed by atoms with van der Waals surface area (Å²) in [4.78, 5) is 0. The summed E-state index contributed by atoms with van der Waals surface area (Å²) in [6, 6.07) is 2.42. The summed E-state index contributed by atoms with van der Waals surface area (Å²) in [6.45, 7) is 10.5. The Bertz CT molecular complexity index is 355. The van der Waals surface area contributed by atoms with Crippen molar-refractivity contribution in [3.8, 4) is 0 Å². The molecule has 0 atom stereocenters. The molecule has 0 unspecified atom stereocenters. The third kappa shape index (κ3) is 22.4. The minimum atomic E-state index is -1.98. The quantitative estimate of drug-likeness (QED) is 0.0811. The van der Waals surface area contributed by atoms with Crippen LogP contribution in [0.3, 0.4) is 0 Å².